The first-order valence-corrected chi connectivity index (χ1v) is 13.5. The van der Waals surface area contributed by atoms with E-state index in [1.54, 1.807) is 36.4 Å². The Morgan fingerprint density at radius 2 is 1.81 bits per heavy atom. The number of aromatic nitrogens is 2. The summed E-state index contributed by atoms with van der Waals surface area (Å²) in [5.41, 5.74) is 2.69. The summed E-state index contributed by atoms with van der Waals surface area (Å²) < 4.78 is 0. The summed E-state index contributed by atoms with van der Waals surface area (Å²) in [5, 5.41) is 10.7. The third kappa shape index (κ3) is 6.05. The van der Waals surface area contributed by atoms with Crippen molar-refractivity contribution in [1.29, 1.82) is 0 Å². The van der Waals surface area contributed by atoms with E-state index in [1.807, 2.05) is 17.0 Å². The molecule has 2 aliphatic heterocycles. The van der Waals surface area contributed by atoms with Crippen LogP contribution < -0.4 is 0 Å². The van der Waals surface area contributed by atoms with Crippen LogP contribution in [0.1, 0.15) is 49.4 Å². The number of fused-ring (bicyclic) bond motifs is 1. The maximum absolute atomic E-state index is 12.6. The molecule has 5 rings (SSSR count). The predicted octanol–water partition coefficient (Wildman–Crippen LogP) is 6.10. The van der Waals surface area contributed by atoms with E-state index >= 15 is 0 Å². The number of imidazole rings is 1. The maximum Gasteiger partial charge on any atom is 0.246 e. The van der Waals surface area contributed by atoms with Crippen molar-refractivity contribution in [2.45, 2.75) is 38.0 Å². The Hall–Kier alpha value is -2.54. The smallest absolute Gasteiger partial charge is 0.246 e. The lowest BCUT2D eigenvalue weighted by Crippen LogP contribution is -2.39. The van der Waals surface area contributed by atoms with E-state index in [4.69, 9.17) is 28.2 Å². The topological polar surface area (TPSA) is 72.5 Å². The van der Waals surface area contributed by atoms with Gasteiger partial charge in [0.1, 0.15) is 11.6 Å². The fourth-order valence-electron chi connectivity index (χ4n) is 5.34. The molecular formula is C28H32Cl2N4O2. The van der Waals surface area contributed by atoms with Gasteiger partial charge in [0.2, 0.25) is 5.91 Å². The minimum absolute atomic E-state index is 0.0578. The van der Waals surface area contributed by atoms with Crippen LogP contribution in [0.3, 0.4) is 0 Å². The summed E-state index contributed by atoms with van der Waals surface area (Å²) >= 11 is 12.0. The molecule has 0 aliphatic carbocycles. The predicted molar refractivity (Wildman–Crippen MR) is 146 cm³/mol. The summed E-state index contributed by atoms with van der Waals surface area (Å²) in [4.78, 5) is 25.3. The van der Waals surface area contributed by atoms with Gasteiger partial charge in [-0.2, -0.15) is 0 Å². The summed E-state index contributed by atoms with van der Waals surface area (Å²) in [5.74, 6) is 2.49. The highest BCUT2D eigenvalue weighted by atomic mass is 35.5. The molecular weight excluding hydrogens is 495 g/mol. The Kier molecular flexibility index (Phi) is 7.85. The molecule has 2 saturated heterocycles. The quantitative estimate of drug-likeness (QED) is 0.380. The molecule has 0 atom stereocenters. The molecule has 36 heavy (non-hydrogen) atoms. The van der Waals surface area contributed by atoms with Crippen molar-refractivity contribution in [3.05, 3.63) is 63.9 Å². The van der Waals surface area contributed by atoms with Gasteiger partial charge >= 0.3 is 0 Å². The van der Waals surface area contributed by atoms with Gasteiger partial charge in [0, 0.05) is 31.1 Å². The number of hydrogen-bond donors (Lipinski definition) is 2. The number of carbonyl (C=O) groups excluding carboxylic acids is 1. The number of H-pyrrole nitrogens is 1. The number of benzene rings is 2. The van der Waals surface area contributed by atoms with E-state index in [1.165, 1.54) is 6.42 Å². The van der Waals surface area contributed by atoms with Gasteiger partial charge in [-0.25, -0.2) is 4.98 Å². The lowest BCUT2D eigenvalue weighted by molar-refractivity contribution is -0.127. The third-order valence-corrected chi connectivity index (χ3v) is 8.34. The Morgan fingerprint density at radius 3 is 2.56 bits per heavy atom. The molecule has 3 heterocycles. The minimum atomic E-state index is 0.0578. The molecule has 2 aromatic carbocycles. The number of nitrogens with one attached hydrogen (secondary N) is 1. The van der Waals surface area contributed by atoms with Crippen molar-refractivity contribution in [1.82, 2.24) is 19.8 Å². The first kappa shape index (κ1) is 25.1. The number of piperidine rings is 2. The Morgan fingerprint density at radius 1 is 1.03 bits per heavy atom. The van der Waals surface area contributed by atoms with E-state index in [0.29, 0.717) is 21.9 Å². The molecule has 2 fully saturated rings. The summed E-state index contributed by atoms with van der Waals surface area (Å²) in [6, 6.07) is 10.7. The van der Waals surface area contributed by atoms with Crippen molar-refractivity contribution in [2.24, 2.45) is 5.92 Å². The van der Waals surface area contributed by atoms with Gasteiger partial charge in [0.05, 0.1) is 21.1 Å². The molecule has 0 saturated carbocycles. The average Bonchev–Trinajstić information content (AvgIpc) is 3.32. The fourth-order valence-corrected chi connectivity index (χ4v) is 5.64. The van der Waals surface area contributed by atoms with Crippen LogP contribution in [0.15, 0.2) is 42.5 Å². The summed E-state index contributed by atoms with van der Waals surface area (Å²) in [6.07, 6.45) is 8.96. The van der Waals surface area contributed by atoms with Crippen molar-refractivity contribution >= 4 is 46.2 Å². The average molecular weight is 527 g/mol. The van der Waals surface area contributed by atoms with Crippen LogP contribution in [0.4, 0.5) is 0 Å². The molecule has 0 radical (unpaired) electrons. The number of phenols is 1. The van der Waals surface area contributed by atoms with E-state index in [-0.39, 0.29) is 11.7 Å². The molecule has 0 spiro atoms. The SMILES string of the molecule is O=C(/C=C/c1ccc(Cl)c(Cl)c1)N1CCC(CCN2CCC(c3nc4ccc(O)cc4[nH]3)CC2)CC1. The third-order valence-electron chi connectivity index (χ3n) is 7.60. The van der Waals surface area contributed by atoms with E-state index in [0.717, 1.165) is 80.8 Å². The number of halogens is 2. The number of amides is 1. The lowest BCUT2D eigenvalue weighted by atomic mass is 9.92. The van der Waals surface area contributed by atoms with E-state index in [2.05, 4.69) is 9.88 Å². The van der Waals surface area contributed by atoms with Crippen LogP contribution in [0, 0.1) is 5.92 Å². The summed E-state index contributed by atoms with van der Waals surface area (Å²) in [7, 11) is 0. The van der Waals surface area contributed by atoms with E-state index < -0.39 is 0 Å². The Labute approximate surface area is 221 Å². The first-order valence-electron chi connectivity index (χ1n) is 12.8. The van der Waals surface area contributed by atoms with Crippen LogP contribution in [0.2, 0.25) is 10.0 Å². The van der Waals surface area contributed by atoms with Crippen LogP contribution in [0.25, 0.3) is 17.1 Å². The Bertz CT molecular complexity index is 1240. The standard InChI is InChI=1S/C28H32Cl2N4O2/c29-23-4-1-20(17-24(23)30)2-6-27(36)34-15-8-19(9-16-34)7-12-33-13-10-21(11-14-33)28-31-25-5-3-22(35)18-26(25)32-28/h1-6,17-19,21,35H,7-16H2,(H,31,32)/b6-2+. The van der Waals surface area contributed by atoms with Crippen molar-refractivity contribution in [3.63, 3.8) is 0 Å². The van der Waals surface area contributed by atoms with Gasteiger partial charge in [-0.05, 0) is 93.6 Å². The number of rotatable bonds is 6. The van der Waals surface area contributed by atoms with Crippen molar-refractivity contribution < 1.29 is 9.90 Å². The largest absolute Gasteiger partial charge is 0.508 e. The highest BCUT2D eigenvalue weighted by Crippen LogP contribution is 2.30. The minimum Gasteiger partial charge on any atom is -0.508 e. The molecule has 0 bridgehead atoms. The van der Waals surface area contributed by atoms with Crippen LogP contribution >= 0.6 is 23.2 Å². The van der Waals surface area contributed by atoms with Crippen molar-refractivity contribution in [2.75, 3.05) is 32.7 Å². The molecule has 0 unspecified atom stereocenters. The van der Waals surface area contributed by atoms with Gasteiger partial charge in [0.25, 0.3) is 0 Å². The number of aromatic hydroxyl groups is 1. The fraction of sp³-hybridized carbons (Fsp3) is 0.429. The number of nitrogens with zero attached hydrogens (tertiary/aromatic N) is 3. The normalized spacial score (nSPS) is 18.4. The number of carbonyl (C=O) groups is 1. The molecule has 3 aromatic rings. The lowest BCUT2D eigenvalue weighted by Gasteiger charge is -2.34. The highest BCUT2D eigenvalue weighted by molar-refractivity contribution is 6.42. The number of phenolic OH excluding ortho intramolecular Hbond substituents is 1. The molecule has 2 aliphatic rings. The second-order valence-corrected chi connectivity index (χ2v) is 10.8. The second-order valence-electron chi connectivity index (χ2n) is 10.0. The van der Waals surface area contributed by atoms with Gasteiger partial charge in [-0.1, -0.05) is 29.3 Å². The zero-order chi connectivity index (χ0) is 25.1. The Balaban J connectivity index is 1.03. The monoisotopic (exact) mass is 526 g/mol. The summed E-state index contributed by atoms with van der Waals surface area (Å²) in [6.45, 7) is 4.93. The van der Waals surface area contributed by atoms with Gasteiger partial charge < -0.3 is 19.9 Å². The number of likely N-dealkylation sites (tertiary alicyclic amines) is 2. The number of hydrogen-bond acceptors (Lipinski definition) is 4. The first-order chi connectivity index (χ1) is 17.4. The molecule has 1 aromatic heterocycles. The molecule has 6 nitrogen and oxygen atoms in total. The molecule has 2 N–H and O–H groups in total. The van der Waals surface area contributed by atoms with Crippen LogP contribution in [-0.2, 0) is 4.79 Å². The van der Waals surface area contributed by atoms with Gasteiger partial charge in [-0.15, -0.1) is 0 Å². The van der Waals surface area contributed by atoms with Gasteiger partial charge in [0.15, 0.2) is 0 Å². The molecule has 8 heteroatoms. The second kappa shape index (κ2) is 11.2. The number of aromatic amines is 1. The van der Waals surface area contributed by atoms with Gasteiger partial charge in [-0.3, -0.25) is 4.79 Å². The van der Waals surface area contributed by atoms with Crippen molar-refractivity contribution in [3.8, 4) is 5.75 Å². The molecule has 1 amide bonds. The zero-order valence-electron chi connectivity index (χ0n) is 20.3. The highest BCUT2D eigenvalue weighted by Gasteiger charge is 2.25. The van der Waals surface area contributed by atoms with E-state index in [9.17, 15) is 9.90 Å². The zero-order valence-corrected chi connectivity index (χ0v) is 21.8. The van der Waals surface area contributed by atoms with Crippen LogP contribution in [0.5, 0.6) is 5.75 Å². The van der Waals surface area contributed by atoms with Crippen LogP contribution in [-0.4, -0.2) is 63.5 Å². The maximum atomic E-state index is 12.6. The molecule has 190 valence electrons.